The van der Waals surface area contributed by atoms with Gasteiger partial charge in [-0.3, -0.25) is 9.59 Å². The molecule has 2 aromatic carbocycles. The number of fused-ring (bicyclic) bond motifs is 1. The number of hydrogen-bond donors (Lipinski definition) is 3. The van der Waals surface area contributed by atoms with Crippen molar-refractivity contribution in [2.24, 2.45) is 0 Å². The minimum Gasteiger partial charge on any atom is -0.479 e. The third-order valence-corrected chi connectivity index (χ3v) is 5.45. The molecule has 1 aliphatic heterocycles. The molecule has 2 unspecified atom stereocenters. The zero-order valence-corrected chi connectivity index (χ0v) is 16.0. The SMILES string of the molecule is Cc1cc(C)cc(C(NC(=O)c2ccc3c(c2)NC(=O)C(C)S3)C(=O)O)c1. The standard InChI is InChI=1S/C20H20N2O4S/c1-10-6-11(2)8-14(7-10)17(20(25)26)22-19(24)13-4-5-16-15(9-13)21-18(23)12(3)27-16/h4-9,12,17H,1-3H3,(H,21,23)(H,22,24)(H,25,26). The highest BCUT2D eigenvalue weighted by Gasteiger charge is 2.26. The van der Waals surface area contributed by atoms with Crippen LogP contribution >= 0.6 is 11.8 Å². The molecule has 140 valence electrons. The predicted molar refractivity (Wildman–Crippen MR) is 104 cm³/mol. The number of aliphatic carboxylic acids is 1. The van der Waals surface area contributed by atoms with Crippen LogP contribution in [0.3, 0.4) is 0 Å². The molecule has 2 aromatic rings. The molecule has 1 heterocycles. The van der Waals surface area contributed by atoms with Crippen LogP contribution in [0.1, 0.15) is 40.0 Å². The Labute approximate surface area is 161 Å². The van der Waals surface area contributed by atoms with E-state index in [9.17, 15) is 19.5 Å². The van der Waals surface area contributed by atoms with E-state index in [0.717, 1.165) is 16.0 Å². The Balaban J connectivity index is 1.86. The Morgan fingerprint density at radius 1 is 1.15 bits per heavy atom. The van der Waals surface area contributed by atoms with Crippen LogP contribution in [0.4, 0.5) is 5.69 Å². The van der Waals surface area contributed by atoms with Gasteiger partial charge < -0.3 is 15.7 Å². The maximum Gasteiger partial charge on any atom is 0.330 e. The lowest BCUT2D eigenvalue weighted by Crippen LogP contribution is -2.34. The Morgan fingerprint density at radius 2 is 1.81 bits per heavy atom. The molecule has 0 saturated heterocycles. The van der Waals surface area contributed by atoms with Gasteiger partial charge in [0.2, 0.25) is 5.91 Å². The molecule has 0 radical (unpaired) electrons. The van der Waals surface area contributed by atoms with E-state index in [2.05, 4.69) is 10.6 Å². The molecule has 1 aliphatic rings. The largest absolute Gasteiger partial charge is 0.479 e. The minimum absolute atomic E-state index is 0.122. The quantitative estimate of drug-likeness (QED) is 0.752. The first kappa shape index (κ1) is 19.0. The third kappa shape index (κ3) is 4.14. The van der Waals surface area contributed by atoms with Crippen LogP contribution in [0.25, 0.3) is 0 Å². The number of carboxylic acid groups (broad SMARTS) is 1. The Kier molecular flexibility index (Phi) is 5.23. The van der Waals surface area contributed by atoms with Crippen molar-refractivity contribution >= 4 is 35.2 Å². The molecule has 3 rings (SSSR count). The Hall–Kier alpha value is -2.80. The topological polar surface area (TPSA) is 95.5 Å². The van der Waals surface area contributed by atoms with Crippen LogP contribution in [0.15, 0.2) is 41.3 Å². The number of amides is 2. The maximum absolute atomic E-state index is 12.6. The molecule has 0 spiro atoms. The molecule has 7 heteroatoms. The van der Waals surface area contributed by atoms with Crippen LogP contribution in [-0.2, 0) is 9.59 Å². The monoisotopic (exact) mass is 384 g/mol. The van der Waals surface area contributed by atoms with Crippen LogP contribution in [0.5, 0.6) is 0 Å². The number of nitrogens with one attached hydrogen (secondary N) is 2. The minimum atomic E-state index is -1.16. The van der Waals surface area contributed by atoms with E-state index in [1.807, 2.05) is 26.8 Å². The number of carbonyl (C=O) groups excluding carboxylic acids is 2. The first-order chi connectivity index (χ1) is 12.7. The van der Waals surface area contributed by atoms with E-state index < -0.39 is 17.9 Å². The van der Waals surface area contributed by atoms with Crippen molar-refractivity contribution < 1.29 is 19.5 Å². The number of carboxylic acids is 1. The molecule has 2 atom stereocenters. The van der Waals surface area contributed by atoms with Crippen LogP contribution < -0.4 is 10.6 Å². The van der Waals surface area contributed by atoms with E-state index in [4.69, 9.17) is 0 Å². The summed E-state index contributed by atoms with van der Waals surface area (Å²) in [5, 5.41) is 14.7. The summed E-state index contributed by atoms with van der Waals surface area (Å²) in [7, 11) is 0. The lowest BCUT2D eigenvalue weighted by Gasteiger charge is -2.22. The first-order valence-electron chi connectivity index (χ1n) is 8.48. The number of benzene rings is 2. The van der Waals surface area contributed by atoms with Gasteiger partial charge in [0.1, 0.15) is 0 Å². The summed E-state index contributed by atoms with van der Waals surface area (Å²) in [5.41, 5.74) is 3.22. The van der Waals surface area contributed by atoms with Gasteiger partial charge in [-0.05, 0) is 44.5 Å². The summed E-state index contributed by atoms with van der Waals surface area (Å²) >= 11 is 1.42. The van der Waals surface area contributed by atoms with Gasteiger partial charge in [0.15, 0.2) is 6.04 Å². The van der Waals surface area contributed by atoms with E-state index in [1.54, 1.807) is 30.3 Å². The first-order valence-corrected chi connectivity index (χ1v) is 9.36. The van der Waals surface area contributed by atoms with Gasteiger partial charge in [0, 0.05) is 10.5 Å². The molecular formula is C20H20N2O4S. The fourth-order valence-corrected chi connectivity index (χ4v) is 3.96. The van der Waals surface area contributed by atoms with Crippen molar-refractivity contribution in [3.8, 4) is 0 Å². The maximum atomic E-state index is 12.6. The number of thioether (sulfide) groups is 1. The summed E-state index contributed by atoms with van der Waals surface area (Å²) in [6, 6.07) is 9.24. The van der Waals surface area contributed by atoms with Gasteiger partial charge in [0.05, 0.1) is 10.9 Å². The fraction of sp³-hybridized carbons (Fsp3) is 0.250. The normalized spacial score (nSPS) is 16.9. The van der Waals surface area contributed by atoms with Gasteiger partial charge in [-0.25, -0.2) is 4.79 Å². The summed E-state index contributed by atoms with van der Waals surface area (Å²) < 4.78 is 0. The third-order valence-electron chi connectivity index (χ3n) is 4.27. The van der Waals surface area contributed by atoms with Gasteiger partial charge in [-0.1, -0.05) is 29.3 Å². The van der Waals surface area contributed by atoms with E-state index in [-0.39, 0.29) is 11.2 Å². The van der Waals surface area contributed by atoms with Crippen molar-refractivity contribution in [1.82, 2.24) is 5.32 Å². The van der Waals surface area contributed by atoms with Crippen molar-refractivity contribution in [2.75, 3.05) is 5.32 Å². The molecule has 0 fully saturated rings. The molecule has 2 amide bonds. The van der Waals surface area contributed by atoms with Gasteiger partial charge >= 0.3 is 5.97 Å². The van der Waals surface area contributed by atoms with E-state index in [1.165, 1.54) is 11.8 Å². The molecule has 27 heavy (non-hydrogen) atoms. The lowest BCUT2D eigenvalue weighted by atomic mass is 10.0. The Morgan fingerprint density at radius 3 is 2.44 bits per heavy atom. The van der Waals surface area contributed by atoms with Crippen LogP contribution in [-0.4, -0.2) is 28.1 Å². The average Bonchev–Trinajstić information content (AvgIpc) is 2.58. The van der Waals surface area contributed by atoms with Gasteiger partial charge in [-0.15, -0.1) is 11.8 Å². The number of rotatable bonds is 4. The zero-order chi connectivity index (χ0) is 19.7. The second kappa shape index (κ2) is 7.44. The van der Waals surface area contributed by atoms with E-state index in [0.29, 0.717) is 16.8 Å². The zero-order valence-electron chi connectivity index (χ0n) is 15.2. The van der Waals surface area contributed by atoms with Crippen LogP contribution in [0.2, 0.25) is 0 Å². The smallest absolute Gasteiger partial charge is 0.330 e. The number of aryl methyl sites for hydroxylation is 2. The molecule has 0 aromatic heterocycles. The van der Waals surface area contributed by atoms with Crippen LogP contribution in [0, 0.1) is 13.8 Å². The highest BCUT2D eigenvalue weighted by molar-refractivity contribution is 8.00. The summed E-state index contributed by atoms with van der Waals surface area (Å²) in [6.07, 6.45) is 0. The number of anilines is 1. The Bertz CT molecular complexity index is 921. The molecule has 0 saturated carbocycles. The summed E-state index contributed by atoms with van der Waals surface area (Å²) in [4.78, 5) is 37.1. The van der Waals surface area contributed by atoms with E-state index >= 15 is 0 Å². The number of carbonyl (C=O) groups is 3. The van der Waals surface area contributed by atoms with Crippen molar-refractivity contribution in [2.45, 2.75) is 37.0 Å². The molecule has 0 aliphatic carbocycles. The van der Waals surface area contributed by atoms with Crippen molar-refractivity contribution in [1.29, 1.82) is 0 Å². The van der Waals surface area contributed by atoms with Crippen molar-refractivity contribution in [3.05, 3.63) is 58.7 Å². The molecule has 6 nitrogen and oxygen atoms in total. The second-order valence-corrected chi connectivity index (χ2v) is 8.01. The average molecular weight is 384 g/mol. The highest BCUT2D eigenvalue weighted by atomic mass is 32.2. The second-order valence-electron chi connectivity index (χ2n) is 6.63. The fourth-order valence-electron chi connectivity index (χ4n) is 3.03. The molecule has 3 N–H and O–H groups in total. The molecule has 0 bridgehead atoms. The van der Waals surface area contributed by atoms with Gasteiger partial charge in [0.25, 0.3) is 5.91 Å². The highest BCUT2D eigenvalue weighted by Crippen LogP contribution is 2.36. The number of hydrogen-bond acceptors (Lipinski definition) is 4. The summed E-state index contributed by atoms with van der Waals surface area (Å²) in [6.45, 7) is 5.56. The predicted octanol–water partition coefficient (Wildman–Crippen LogP) is 3.29. The summed E-state index contributed by atoms with van der Waals surface area (Å²) in [5.74, 6) is -1.77. The van der Waals surface area contributed by atoms with Crippen molar-refractivity contribution in [3.63, 3.8) is 0 Å². The lowest BCUT2D eigenvalue weighted by molar-refractivity contribution is -0.139. The van der Waals surface area contributed by atoms with Gasteiger partial charge in [-0.2, -0.15) is 0 Å². The molecular weight excluding hydrogens is 364 g/mol.